The molecule has 1 aromatic heterocycles. The van der Waals surface area contributed by atoms with Crippen LogP contribution in [0.1, 0.15) is 20.7 Å². The van der Waals surface area contributed by atoms with Crippen molar-refractivity contribution in [3.63, 3.8) is 0 Å². The molecule has 9 nitrogen and oxygen atoms in total. The maximum absolute atomic E-state index is 13.0. The van der Waals surface area contributed by atoms with Gasteiger partial charge in [-0.15, -0.1) is 0 Å². The number of aromatic nitrogens is 1. The fourth-order valence-corrected chi connectivity index (χ4v) is 6.00. The quantitative estimate of drug-likeness (QED) is 0.523. The summed E-state index contributed by atoms with van der Waals surface area (Å²) in [6, 6.07) is 13.9. The van der Waals surface area contributed by atoms with Gasteiger partial charge in [-0.05, 0) is 30.3 Å². The monoisotopic (exact) mass is 496 g/mol. The lowest BCUT2D eigenvalue weighted by Crippen LogP contribution is -2.49. The average molecular weight is 497 g/mol. The zero-order valence-corrected chi connectivity index (χ0v) is 20.2. The number of H-pyrrole nitrogens is 1. The number of hydrogen-bond acceptors (Lipinski definition) is 6. The van der Waals surface area contributed by atoms with Crippen LogP contribution in [0.15, 0.2) is 59.6 Å². The van der Waals surface area contributed by atoms with Crippen molar-refractivity contribution in [3.05, 3.63) is 65.9 Å². The molecule has 1 amide bonds. The van der Waals surface area contributed by atoms with E-state index in [0.29, 0.717) is 70.2 Å². The SMILES string of the molecule is O=C(CN1CCN(C(=O)c2ccc(S(=O)(=O)N3CCOCC3)cc2)CC1)c1c[nH]c2ccccc12. The van der Waals surface area contributed by atoms with Crippen molar-refractivity contribution in [1.29, 1.82) is 0 Å². The molecule has 3 heterocycles. The molecule has 0 radical (unpaired) electrons. The van der Waals surface area contributed by atoms with E-state index in [1.54, 1.807) is 23.2 Å². The first-order chi connectivity index (χ1) is 16.9. The van der Waals surface area contributed by atoms with Crippen LogP contribution < -0.4 is 0 Å². The number of amides is 1. The van der Waals surface area contributed by atoms with Crippen molar-refractivity contribution in [2.24, 2.45) is 0 Å². The maximum Gasteiger partial charge on any atom is 0.253 e. The summed E-state index contributed by atoms with van der Waals surface area (Å²) in [5.41, 5.74) is 2.08. The maximum atomic E-state index is 13.0. The number of para-hydroxylation sites is 1. The van der Waals surface area contributed by atoms with Crippen LogP contribution in [0.4, 0.5) is 0 Å². The van der Waals surface area contributed by atoms with Gasteiger partial charge in [0.05, 0.1) is 24.7 Å². The van der Waals surface area contributed by atoms with Crippen molar-refractivity contribution in [3.8, 4) is 0 Å². The van der Waals surface area contributed by atoms with E-state index in [9.17, 15) is 18.0 Å². The smallest absolute Gasteiger partial charge is 0.253 e. The Bertz CT molecular complexity index is 1320. The van der Waals surface area contributed by atoms with Gasteiger partial charge in [0.1, 0.15) is 0 Å². The van der Waals surface area contributed by atoms with Gasteiger partial charge in [0, 0.05) is 67.5 Å². The van der Waals surface area contributed by atoms with Gasteiger partial charge in [0.2, 0.25) is 10.0 Å². The van der Waals surface area contributed by atoms with E-state index < -0.39 is 10.0 Å². The summed E-state index contributed by atoms with van der Waals surface area (Å²) < 4.78 is 32.2. The molecule has 0 aliphatic carbocycles. The van der Waals surface area contributed by atoms with Crippen LogP contribution in [0.25, 0.3) is 10.9 Å². The molecule has 10 heteroatoms. The minimum atomic E-state index is -3.59. The standard InChI is InChI=1S/C25H28N4O5S/c30-24(22-17-26-23-4-2-1-3-21(22)23)18-27-9-11-28(12-10-27)25(31)19-5-7-20(8-6-19)35(32,33)29-13-15-34-16-14-29/h1-8,17,26H,9-16,18H2. The Hall–Kier alpha value is -3.05. The topological polar surface area (TPSA) is 103 Å². The minimum Gasteiger partial charge on any atom is -0.379 e. The van der Waals surface area contributed by atoms with Gasteiger partial charge in [-0.1, -0.05) is 18.2 Å². The Kier molecular flexibility index (Phi) is 6.70. The summed E-state index contributed by atoms with van der Waals surface area (Å²) in [5.74, 6) is -0.0813. The molecule has 2 aliphatic heterocycles. The van der Waals surface area contributed by atoms with Crippen LogP contribution >= 0.6 is 0 Å². The number of sulfonamides is 1. The Morgan fingerprint density at radius 1 is 0.886 bits per heavy atom. The highest BCUT2D eigenvalue weighted by Gasteiger charge is 2.28. The van der Waals surface area contributed by atoms with Crippen LogP contribution in [-0.2, 0) is 14.8 Å². The molecule has 184 valence electrons. The van der Waals surface area contributed by atoms with Crippen LogP contribution in [0.3, 0.4) is 0 Å². The first-order valence-corrected chi connectivity index (χ1v) is 13.2. The van der Waals surface area contributed by atoms with Crippen molar-refractivity contribution < 1.29 is 22.7 Å². The number of benzene rings is 2. The summed E-state index contributed by atoms with van der Waals surface area (Å²) in [6.45, 7) is 3.95. The summed E-state index contributed by atoms with van der Waals surface area (Å²) in [7, 11) is -3.59. The van der Waals surface area contributed by atoms with Crippen molar-refractivity contribution >= 4 is 32.6 Å². The summed E-state index contributed by atoms with van der Waals surface area (Å²) in [6.07, 6.45) is 1.76. The molecule has 2 aromatic carbocycles. The number of carbonyl (C=O) groups excluding carboxylic acids is 2. The second-order valence-electron chi connectivity index (χ2n) is 8.78. The number of morpholine rings is 1. The molecule has 2 saturated heterocycles. The van der Waals surface area contributed by atoms with E-state index in [0.717, 1.165) is 10.9 Å². The van der Waals surface area contributed by atoms with Gasteiger partial charge < -0.3 is 14.6 Å². The van der Waals surface area contributed by atoms with Crippen molar-refractivity contribution in [1.82, 2.24) is 19.1 Å². The molecule has 2 fully saturated rings. The molecule has 35 heavy (non-hydrogen) atoms. The van der Waals surface area contributed by atoms with Gasteiger partial charge in [0.25, 0.3) is 5.91 Å². The number of rotatable bonds is 6. The molecule has 0 spiro atoms. The van der Waals surface area contributed by atoms with E-state index in [4.69, 9.17) is 4.74 Å². The summed E-state index contributed by atoms with van der Waals surface area (Å²) in [4.78, 5) is 33.0. The number of piperazine rings is 1. The number of carbonyl (C=O) groups is 2. The lowest BCUT2D eigenvalue weighted by Gasteiger charge is -2.34. The number of hydrogen-bond donors (Lipinski definition) is 1. The Morgan fingerprint density at radius 2 is 1.57 bits per heavy atom. The predicted octanol–water partition coefficient (Wildman–Crippen LogP) is 1.83. The first-order valence-electron chi connectivity index (χ1n) is 11.7. The van der Waals surface area contributed by atoms with E-state index in [-0.39, 0.29) is 16.6 Å². The second kappa shape index (κ2) is 9.90. The third kappa shape index (κ3) is 4.87. The predicted molar refractivity (Wildman–Crippen MR) is 131 cm³/mol. The average Bonchev–Trinajstić information content (AvgIpc) is 3.34. The van der Waals surface area contributed by atoms with Gasteiger partial charge in [0.15, 0.2) is 5.78 Å². The molecule has 2 aliphatic rings. The van der Waals surface area contributed by atoms with E-state index >= 15 is 0 Å². The molecule has 0 saturated carbocycles. The van der Waals surface area contributed by atoms with Gasteiger partial charge >= 0.3 is 0 Å². The fourth-order valence-electron chi connectivity index (χ4n) is 4.59. The fraction of sp³-hybridized carbons (Fsp3) is 0.360. The van der Waals surface area contributed by atoms with Crippen LogP contribution in [0, 0.1) is 0 Å². The lowest BCUT2D eigenvalue weighted by atomic mass is 10.1. The molecular weight excluding hydrogens is 468 g/mol. The number of nitrogens with one attached hydrogen (secondary N) is 1. The Balaban J connectivity index is 1.17. The number of ether oxygens (including phenoxy) is 1. The molecule has 0 bridgehead atoms. The first kappa shape index (κ1) is 23.7. The number of ketones is 1. The summed E-state index contributed by atoms with van der Waals surface area (Å²) in [5, 5.41) is 0.922. The second-order valence-corrected chi connectivity index (χ2v) is 10.7. The Morgan fingerprint density at radius 3 is 2.29 bits per heavy atom. The van der Waals surface area contributed by atoms with Crippen LogP contribution in [0.2, 0.25) is 0 Å². The highest BCUT2D eigenvalue weighted by atomic mass is 32.2. The molecular formula is C25H28N4O5S. The lowest BCUT2D eigenvalue weighted by molar-refractivity contribution is 0.0624. The van der Waals surface area contributed by atoms with Crippen LogP contribution in [0.5, 0.6) is 0 Å². The molecule has 5 rings (SSSR count). The number of fused-ring (bicyclic) bond motifs is 1. The normalized spacial score (nSPS) is 18.1. The van der Waals surface area contributed by atoms with Gasteiger partial charge in [-0.2, -0.15) is 4.31 Å². The zero-order valence-electron chi connectivity index (χ0n) is 19.4. The molecule has 3 aromatic rings. The number of Topliss-reactive ketones (excluding diaryl/α,β-unsaturated/α-hetero) is 1. The van der Waals surface area contributed by atoms with E-state index in [1.165, 1.54) is 16.4 Å². The highest BCUT2D eigenvalue weighted by Crippen LogP contribution is 2.20. The number of aromatic amines is 1. The van der Waals surface area contributed by atoms with E-state index in [1.807, 2.05) is 24.3 Å². The third-order valence-corrected chi connectivity index (χ3v) is 8.54. The van der Waals surface area contributed by atoms with Crippen LogP contribution in [-0.4, -0.2) is 98.2 Å². The van der Waals surface area contributed by atoms with Crippen molar-refractivity contribution in [2.75, 3.05) is 59.0 Å². The van der Waals surface area contributed by atoms with Crippen molar-refractivity contribution in [2.45, 2.75) is 4.90 Å². The zero-order chi connectivity index (χ0) is 24.4. The highest BCUT2D eigenvalue weighted by molar-refractivity contribution is 7.89. The minimum absolute atomic E-state index is 0.0549. The largest absolute Gasteiger partial charge is 0.379 e. The molecule has 0 unspecified atom stereocenters. The van der Waals surface area contributed by atoms with Gasteiger partial charge in [-0.25, -0.2) is 8.42 Å². The summed E-state index contributed by atoms with van der Waals surface area (Å²) >= 11 is 0. The third-order valence-electron chi connectivity index (χ3n) is 6.63. The molecule has 0 atom stereocenters. The Labute approximate surface area is 204 Å². The molecule has 1 N–H and O–H groups in total. The van der Waals surface area contributed by atoms with Gasteiger partial charge in [-0.3, -0.25) is 14.5 Å². The number of nitrogens with zero attached hydrogens (tertiary/aromatic N) is 3. The van der Waals surface area contributed by atoms with E-state index in [2.05, 4.69) is 9.88 Å².